The first-order valence-corrected chi connectivity index (χ1v) is 6.74. The maximum absolute atomic E-state index is 11.6. The molecule has 0 unspecified atom stereocenters. The molecule has 0 radical (unpaired) electrons. The standard InChI is InChI=1S/C11H9Cl2N3OS/c12-8-3-1-2-7(6-8)4-5-14-9(17)10-15-16-11(13)18-10/h1-3,6H,4-5H2,(H,14,17). The predicted octanol–water partition coefficient (Wildman–Crippen LogP) is 2.82. The highest BCUT2D eigenvalue weighted by molar-refractivity contribution is 7.17. The Hall–Kier alpha value is -1.17. The number of nitrogens with one attached hydrogen (secondary N) is 1. The summed E-state index contributed by atoms with van der Waals surface area (Å²) in [5, 5.41) is 10.9. The first-order valence-electron chi connectivity index (χ1n) is 5.17. The van der Waals surface area contributed by atoms with Crippen molar-refractivity contribution in [2.24, 2.45) is 0 Å². The quantitative estimate of drug-likeness (QED) is 0.945. The van der Waals surface area contributed by atoms with Gasteiger partial charge in [0.05, 0.1) is 0 Å². The summed E-state index contributed by atoms with van der Waals surface area (Å²) in [5.74, 6) is -0.263. The predicted molar refractivity (Wildman–Crippen MR) is 72.4 cm³/mol. The Morgan fingerprint density at radius 1 is 1.33 bits per heavy atom. The van der Waals surface area contributed by atoms with Crippen LogP contribution in [0.15, 0.2) is 24.3 Å². The normalized spacial score (nSPS) is 10.3. The van der Waals surface area contributed by atoms with Crippen LogP contribution in [0.1, 0.15) is 15.4 Å². The molecule has 0 aliphatic carbocycles. The summed E-state index contributed by atoms with van der Waals surface area (Å²) in [5.41, 5.74) is 1.07. The van der Waals surface area contributed by atoms with E-state index in [0.717, 1.165) is 16.9 Å². The Balaban J connectivity index is 1.84. The summed E-state index contributed by atoms with van der Waals surface area (Å²) in [6.45, 7) is 0.510. The molecule has 0 fully saturated rings. The van der Waals surface area contributed by atoms with Crippen LogP contribution < -0.4 is 5.32 Å². The second kappa shape index (κ2) is 6.13. The van der Waals surface area contributed by atoms with Crippen LogP contribution in [0.25, 0.3) is 0 Å². The van der Waals surface area contributed by atoms with Crippen molar-refractivity contribution >= 4 is 40.4 Å². The van der Waals surface area contributed by atoms with Crippen LogP contribution in [0.3, 0.4) is 0 Å². The van der Waals surface area contributed by atoms with Gasteiger partial charge in [-0.15, -0.1) is 10.2 Å². The maximum atomic E-state index is 11.6. The summed E-state index contributed by atoms with van der Waals surface area (Å²) in [6.07, 6.45) is 0.707. The molecule has 0 spiro atoms. The van der Waals surface area contributed by atoms with Crippen LogP contribution in [0, 0.1) is 0 Å². The zero-order valence-electron chi connectivity index (χ0n) is 9.19. The third-order valence-electron chi connectivity index (χ3n) is 2.18. The lowest BCUT2D eigenvalue weighted by Gasteiger charge is -2.03. The molecule has 1 heterocycles. The van der Waals surface area contributed by atoms with Gasteiger partial charge in [0, 0.05) is 11.6 Å². The molecule has 7 heteroatoms. The van der Waals surface area contributed by atoms with E-state index in [4.69, 9.17) is 23.2 Å². The molecule has 18 heavy (non-hydrogen) atoms. The summed E-state index contributed by atoms with van der Waals surface area (Å²) >= 11 is 12.5. The lowest BCUT2D eigenvalue weighted by atomic mass is 10.1. The van der Waals surface area contributed by atoms with E-state index in [1.165, 1.54) is 0 Å². The Kier molecular flexibility index (Phi) is 4.52. The van der Waals surface area contributed by atoms with E-state index in [9.17, 15) is 4.79 Å². The van der Waals surface area contributed by atoms with Crippen LogP contribution >= 0.6 is 34.5 Å². The number of hydrogen-bond acceptors (Lipinski definition) is 4. The molecular formula is C11H9Cl2N3OS. The van der Waals surface area contributed by atoms with Gasteiger partial charge < -0.3 is 5.32 Å². The fraction of sp³-hybridized carbons (Fsp3) is 0.182. The maximum Gasteiger partial charge on any atom is 0.282 e. The molecule has 1 aromatic carbocycles. The minimum absolute atomic E-state index is 0.259. The van der Waals surface area contributed by atoms with Crippen molar-refractivity contribution in [3.8, 4) is 0 Å². The number of nitrogens with zero attached hydrogens (tertiary/aromatic N) is 2. The van der Waals surface area contributed by atoms with Crippen LogP contribution in [0.2, 0.25) is 9.49 Å². The molecule has 1 N–H and O–H groups in total. The molecule has 94 valence electrons. The van der Waals surface area contributed by atoms with Crippen molar-refractivity contribution < 1.29 is 4.79 Å². The average Bonchev–Trinajstić information content (AvgIpc) is 2.76. The van der Waals surface area contributed by atoms with Gasteiger partial charge in [0.25, 0.3) is 5.91 Å². The van der Waals surface area contributed by atoms with Crippen LogP contribution in [0.5, 0.6) is 0 Å². The Morgan fingerprint density at radius 3 is 2.83 bits per heavy atom. The number of aromatic nitrogens is 2. The van der Waals surface area contributed by atoms with E-state index in [2.05, 4.69) is 15.5 Å². The number of rotatable bonds is 4. The van der Waals surface area contributed by atoms with Gasteiger partial charge in [-0.05, 0) is 35.7 Å². The highest BCUT2D eigenvalue weighted by Crippen LogP contribution is 2.14. The summed E-state index contributed by atoms with van der Waals surface area (Å²) in [7, 11) is 0. The molecule has 0 atom stereocenters. The number of amides is 1. The molecule has 0 aliphatic heterocycles. The highest BCUT2D eigenvalue weighted by atomic mass is 35.5. The molecule has 0 bridgehead atoms. The minimum Gasteiger partial charge on any atom is -0.350 e. The van der Waals surface area contributed by atoms with Gasteiger partial charge in [0.2, 0.25) is 9.47 Å². The van der Waals surface area contributed by atoms with Crippen LogP contribution in [0.4, 0.5) is 0 Å². The van der Waals surface area contributed by atoms with Gasteiger partial charge in [-0.1, -0.05) is 35.1 Å². The fourth-order valence-corrected chi connectivity index (χ4v) is 2.34. The Bertz CT molecular complexity index is 559. The molecular weight excluding hydrogens is 293 g/mol. The molecule has 1 amide bonds. The largest absolute Gasteiger partial charge is 0.350 e. The number of carbonyl (C=O) groups excluding carboxylic acids is 1. The number of halogens is 2. The van der Waals surface area contributed by atoms with E-state index in [-0.39, 0.29) is 15.4 Å². The SMILES string of the molecule is O=C(NCCc1cccc(Cl)c1)c1nnc(Cl)s1. The molecule has 0 aliphatic rings. The second-order valence-electron chi connectivity index (χ2n) is 3.50. The summed E-state index contributed by atoms with van der Waals surface area (Å²) in [6, 6.07) is 7.52. The average molecular weight is 302 g/mol. The Labute approximate surface area is 118 Å². The monoisotopic (exact) mass is 301 g/mol. The third kappa shape index (κ3) is 3.66. The third-order valence-corrected chi connectivity index (χ3v) is 3.44. The zero-order valence-corrected chi connectivity index (χ0v) is 11.5. The molecule has 2 aromatic rings. The topological polar surface area (TPSA) is 54.9 Å². The lowest BCUT2D eigenvalue weighted by molar-refractivity contribution is 0.0953. The summed E-state index contributed by atoms with van der Waals surface area (Å²) < 4.78 is 0.259. The van der Waals surface area contributed by atoms with Gasteiger partial charge in [-0.3, -0.25) is 4.79 Å². The number of hydrogen-bond donors (Lipinski definition) is 1. The van der Waals surface area contributed by atoms with Crippen molar-refractivity contribution in [3.05, 3.63) is 44.3 Å². The van der Waals surface area contributed by atoms with Crippen molar-refractivity contribution in [2.45, 2.75) is 6.42 Å². The minimum atomic E-state index is -0.263. The zero-order chi connectivity index (χ0) is 13.0. The van der Waals surface area contributed by atoms with E-state index in [1.807, 2.05) is 24.3 Å². The van der Waals surface area contributed by atoms with Crippen LogP contribution in [-0.4, -0.2) is 22.6 Å². The summed E-state index contributed by atoms with van der Waals surface area (Å²) in [4.78, 5) is 11.6. The van der Waals surface area contributed by atoms with Gasteiger partial charge in [0.15, 0.2) is 0 Å². The van der Waals surface area contributed by atoms with E-state index in [1.54, 1.807) is 0 Å². The van der Waals surface area contributed by atoms with Crippen molar-refractivity contribution in [1.82, 2.24) is 15.5 Å². The van der Waals surface area contributed by atoms with Gasteiger partial charge in [0.1, 0.15) is 0 Å². The molecule has 0 saturated carbocycles. The highest BCUT2D eigenvalue weighted by Gasteiger charge is 2.10. The van der Waals surface area contributed by atoms with Crippen molar-refractivity contribution in [3.63, 3.8) is 0 Å². The molecule has 0 saturated heterocycles. The number of carbonyl (C=O) groups is 1. The number of benzene rings is 1. The van der Waals surface area contributed by atoms with Crippen molar-refractivity contribution in [2.75, 3.05) is 6.54 Å². The molecule has 2 rings (SSSR count). The smallest absolute Gasteiger partial charge is 0.282 e. The fourth-order valence-electron chi connectivity index (χ4n) is 1.39. The van der Waals surface area contributed by atoms with Gasteiger partial charge >= 0.3 is 0 Å². The molecule has 4 nitrogen and oxygen atoms in total. The first kappa shape index (κ1) is 13.3. The van der Waals surface area contributed by atoms with E-state index in [0.29, 0.717) is 18.0 Å². The lowest BCUT2D eigenvalue weighted by Crippen LogP contribution is -2.25. The van der Waals surface area contributed by atoms with Crippen molar-refractivity contribution in [1.29, 1.82) is 0 Å². The Morgan fingerprint density at radius 2 is 2.17 bits per heavy atom. The van der Waals surface area contributed by atoms with E-state index < -0.39 is 0 Å². The molecule has 1 aromatic heterocycles. The van der Waals surface area contributed by atoms with E-state index >= 15 is 0 Å². The first-order chi connectivity index (χ1) is 8.65. The van der Waals surface area contributed by atoms with Crippen LogP contribution in [-0.2, 0) is 6.42 Å². The van der Waals surface area contributed by atoms with Gasteiger partial charge in [-0.2, -0.15) is 0 Å². The van der Waals surface area contributed by atoms with Gasteiger partial charge in [-0.25, -0.2) is 0 Å². The second-order valence-corrected chi connectivity index (χ2v) is 5.49.